The van der Waals surface area contributed by atoms with E-state index in [0.717, 1.165) is 17.8 Å². The maximum atomic E-state index is 4.37. The van der Waals surface area contributed by atoms with Crippen LogP contribution in [0.1, 0.15) is 70.4 Å². The fourth-order valence-electron chi connectivity index (χ4n) is 6.53. The van der Waals surface area contributed by atoms with Crippen molar-refractivity contribution in [3.63, 3.8) is 0 Å². The van der Waals surface area contributed by atoms with Crippen LogP contribution in [-0.4, -0.2) is 4.98 Å². The lowest BCUT2D eigenvalue weighted by Crippen LogP contribution is -2.48. The van der Waals surface area contributed by atoms with Gasteiger partial charge >= 0.3 is 0 Å². The highest BCUT2D eigenvalue weighted by atomic mass is 14.6. The van der Waals surface area contributed by atoms with Gasteiger partial charge in [0.05, 0.1) is 0 Å². The average molecular weight is 346 g/mol. The van der Waals surface area contributed by atoms with Crippen LogP contribution in [-0.2, 0) is 10.8 Å². The maximum absolute atomic E-state index is 4.37. The monoisotopic (exact) mass is 345 g/mol. The third kappa shape index (κ3) is 2.71. The molecule has 1 heterocycles. The summed E-state index contributed by atoms with van der Waals surface area (Å²) < 4.78 is 0. The fraction of sp³-hybridized carbons (Fsp3) is 0.560. The molecule has 0 spiro atoms. The summed E-state index contributed by atoms with van der Waals surface area (Å²) in [5, 5.41) is 0. The van der Waals surface area contributed by atoms with Gasteiger partial charge in [-0.1, -0.05) is 45.0 Å². The summed E-state index contributed by atoms with van der Waals surface area (Å²) in [5.74, 6) is 2.96. The van der Waals surface area contributed by atoms with E-state index in [0.29, 0.717) is 5.41 Å². The van der Waals surface area contributed by atoms with Gasteiger partial charge in [0, 0.05) is 18.0 Å². The largest absolute Gasteiger partial charge is 0.264 e. The highest BCUT2D eigenvalue weighted by Crippen LogP contribution is 2.61. The summed E-state index contributed by atoms with van der Waals surface area (Å²) in [6.45, 7) is 7.04. The first kappa shape index (κ1) is 16.5. The van der Waals surface area contributed by atoms with Crippen molar-refractivity contribution in [2.45, 2.75) is 70.1 Å². The van der Waals surface area contributed by atoms with Gasteiger partial charge in [-0.2, -0.15) is 0 Å². The van der Waals surface area contributed by atoms with E-state index in [9.17, 15) is 0 Å². The first-order valence-electron chi connectivity index (χ1n) is 10.5. The molecule has 4 aliphatic rings. The molecule has 2 aromatic rings. The van der Waals surface area contributed by atoms with E-state index in [-0.39, 0.29) is 5.41 Å². The molecular formula is C25H31N. The Balaban J connectivity index is 1.65. The zero-order valence-electron chi connectivity index (χ0n) is 16.5. The number of nitrogens with zero attached hydrogens (tertiary/aromatic N) is 1. The van der Waals surface area contributed by atoms with Gasteiger partial charge in [0.15, 0.2) is 0 Å². The molecule has 4 saturated carbocycles. The molecule has 1 nitrogen and oxygen atoms in total. The lowest BCUT2D eigenvalue weighted by atomic mass is 9.48. The minimum Gasteiger partial charge on any atom is -0.264 e. The first-order valence-corrected chi connectivity index (χ1v) is 10.5. The van der Waals surface area contributed by atoms with Gasteiger partial charge in [0.25, 0.3) is 0 Å². The summed E-state index contributed by atoms with van der Waals surface area (Å²) in [4.78, 5) is 4.37. The number of rotatable bonds is 2. The second-order valence-electron chi connectivity index (χ2n) is 10.5. The second kappa shape index (κ2) is 5.68. The minimum atomic E-state index is 0.176. The second-order valence-corrected chi connectivity index (χ2v) is 10.5. The minimum absolute atomic E-state index is 0.176. The van der Waals surface area contributed by atoms with Gasteiger partial charge < -0.3 is 0 Å². The lowest BCUT2D eigenvalue weighted by molar-refractivity contribution is -0.00522. The van der Waals surface area contributed by atoms with Crippen LogP contribution in [0, 0.1) is 17.8 Å². The molecule has 0 radical (unpaired) electrons. The Kier molecular flexibility index (Phi) is 3.61. The smallest absolute Gasteiger partial charge is 0.0346 e. The Hall–Kier alpha value is -1.63. The van der Waals surface area contributed by atoms with E-state index in [1.54, 1.807) is 5.56 Å². The third-order valence-electron chi connectivity index (χ3n) is 7.44. The predicted octanol–water partition coefficient (Wildman–Crippen LogP) is 6.51. The van der Waals surface area contributed by atoms with E-state index in [4.69, 9.17) is 0 Å². The van der Waals surface area contributed by atoms with E-state index in [1.807, 2.05) is 12.4 Å². The number of hydrogen-bond acceptors (Lipinski definition) is 1. The maximum Gasteiger partial charge on any atom is 0.0346 e. The van der Waals surface area contributed by atoms with Crippen LogP contribution < -0.4 is 0 Å². The zero-order chi connectivity index (χ0) is 17.9. The zero-order valence-corrected chi connectivity index (χ0v) is 16.5. The van der Waals surface area contributed by atoms with Crippen molar-refractivity contribution in [2.75, 3.05) is 0 Å². The predicted molar refractivity (Wildman–Crippen MR) is 108 cm³/mol. The van der Waals surface area contributed by atoms with Gasteiger partial charge in [0.2, 0.25) is 0 Å². The van der Waals surface area contributed by atoms with Crippen LogP contribution in [0.3, 0.4) is 0 Å². The molecule has 0 saturated heterocycles. The van der Waals surface area contributed by atoms with Crippen LogP contribution in [0.25, 0.3) is 11.1 Å². The Morgan fingerprint density at radius 2 is 1.54 bits per heavy atom. The molecule has 0 amide bonds. The van der Waals surface area contributed by atoms with E-state index in [2.05, 4.69) is 56.1 Å². The number of pyridine rings is 1. The number of aromatic nitrogens is 1. The Bertz CT molecular complexity index is 777. The van der Waals surface area contributed by atoms with Crippen LogP contribution in [0.2, 0.25) is 0 Å². The van der Waals surface area contributed by atoms with Crippen molar-refractivity contribution in [1.29, 1.82) is 0 Å². The quantitative estimate of drug-likeness (QED) is 0.604. The highest BCUT2D eigenvalue weighted by molar-refractivity contribution is 5.65. The van der Waals surface area contributed by atoms with E-state index >= 15 is 0 Å². The molecule has 26 heavy (non-hydrogen) atoms. The highest BCUT2D eigenvalue weighted by Gasteiger charge is 2.51. The Labute approximate surface area is 158 Å². The summed E-state index contributed by atoms with van der Waals surface area (Å²) in [6, 6.07) is 11.7. The van der Waals surface area contributed by atoms with Crippen LogP contribution in [0.5, 0.6) is 0 Å². The van der Waals surface area contributed by atoms with Crippen molar-refractivity contribution in [1.82, 2.24) is 4.98 Å². The van der Waals surface area contributed by atoms with E-state index < -0.39 is 0 Å². The van der Waals surface area contributed by atoms with Crippen molar-refractivity contribution in [2.24, 2.45) is 17.8 Å². The third-order valence-corrected chi connectivity index (χ3v) is 7.44. The van der Waals surface area contributed by atoms with Gasteiger partial charge in [-0.25, -0.2) is 0 Å². The molecule has 0 atom stereocenters. The van der Waals surface area contributed by atoms with Crippen molar-refractivity contribution >= 4 is 0 Å². The average Bonchev–Trinajstić information content (AvgIpc) is 2.60. The SMILES string of the molecule is CC(C)(C)c1cc(-c2cccnc2)cc(C23CC4CC(CC(C4)C2)C3)c1. The van der Waals surface area contributed by atoms with Crippen LogP contribution >= 0.6 is 0 Å². The standard InChI is InChI=1S/C25H31N/c1-24(2,3)22-10-21(20-5-4-6-26-16-20)11-23(12-22)25-13-17-7-18(14-25)9-19(8-17)15-25/h4-6,10-12,16-19H,7-9,13-15H2,1-3H3. The molecule has 6 rings (SSSR count). The normalized spacial score (nSPS) is 32.8. The molecule has 136 valence electrons. The molecule has 1 aromatic carbocycles. The summed E-state index contributed by atoms with van der Waals surface area (Å²) in [5.41, 5.74) is 6.34. The number of benzene rings is 1. The molecule has 4 aliphatic carbocycles. The van der Waals surface area contributed by atoms with Gasteiger partial charge in [-0.3, -0.25) is 4.98 Å². The molecule has 0 unspecified atom stereocenters. The van der Waals surface area contributed by atoms with E-state index in [1.165, 1.54) is 55.2 Å². The molecule has 4 fully saturated rings. The Morgan fingerprint density at radius 1 is 0.885 bits per heavy atom. The van der Waals surface area contributed by atoms with Crippen molar-refractivity contribution in [3.05, 3.63) is 53.9 Å². The lowest BCUT2D eigenvalue weighted by Gasteiger charge is -2.57. The fourth-order valence-corrected chi connectivity index (χ4v) is 6.53. The molecular weight excluding hydrogens is 314 g/mol. The Morgan fingerprint density at radius 3 is 2.08 bits per heavy atom. The van der Waals surface area contributed by atoms with Crippen molar-refractivity contribution < 1.29 is 0 Å². The van der Waals surface area contributed by atoms with Gasteiger partial charge in [-0.05, 0) is 89.9 Å². The molecule has 1 aromatic heterocycles. The van der Waals surface area contributed by atoms with Gasteiger partial charge in [0.1, 0.15) is 0 Å². The number of hydrogen-bond donors (Lipinski definition) is 0. The first-order chi connectivity index (χ1) is 12.4. The van der Waals surface area contributed by atoms with Crippen LogP contribution in [0.15, 0.2) is 42.7 Å². The molecule has 1 heteroatoms. The summed E-state index contributed by atoms with van der Waals surface area (Å²) in [6.07, 6.45) is 12.7. The molecule has 0 aliphatic heterocycles. The topological polar surface area (TPSA) is 12.9 Å². The van der Waals surface area contributed by atoms with Crippen LogP contribution in [0.4, 0.5) is 0 Å². The summed E-state index contributed by atoms with van der Waals surface area (Å²) in [7, 11) is 0. The van der Waals surface area contributed by atoms with Gasteiger partial charge in [-0.15, -0.1) is 0 Å². The molecule has 0 N–H and O–H groups in total. The summed E-state index contributed by atoms with van der Waals surface area (Å²) >= 11 is 0. The van der Waals surface area contributed by atoms with Crippen molar-refractivity contribution in [3.8, 4) is 11.1 Å². The molecule has 4 bridgehead atoms.